The largest absolute Gasteiger partial charge is 0.491 e. The Morgan fingerprint density at radius 2 is 0.708 bits per heavy atom. The molecule has 0 spiro atoms. The first kappa shape index (κ1) is 29.7. The summed E-state index contributed by atoms with van der Waals surface area (Å²) in [5.41, 5.74) is 6.09. The summed E-state index contributed by atoms with van der Waals surface area (Å²) in [5, 5.41) is 28.7. The van der Waals surface area contributed by atoms with E-state index >= 15 is 0 Å². The monoisotopic (exact) mass is 626 g/mol. The number of fused-ring (bicyclic) bond motifs is 4. The van der Waals surface area contributed by atoms with Crippen molar-refractivity contribution in [2.45, 2.75) is 0 Å². The third kappa shape index (κ3) is 5.12. The highest BCUT2D eigenvalue weighted by Gasteiger charge is 2.24. The Kier molecular flexibility index (Phi) is 7.95. The quantitative estimate of drug-likeness (QED) is 0.167. The maximum atomic E-state index is 9.94. The van der Waals surface area contributed by atoms with Gasteiger partial charge in [-0.15, -0.1) is 0 Å². The minimum Gasteiger partial charge on any atom is -0.491 e. The first-order valence-electron chi connectivity index (χ1n) is 16.3. The third-order valence-electron chi connectivity index (χ3n) is 9.12. The van der Waals surface area contributed by atoms with Crippen molar-refractivity contribution in [3.8, 4) is 44.9 Å². The summed E-state index contributed by atoms with van der Waals surface area (Å²) >= 11 is 0. The van der Waals surface area contributed by atoms with Crippen LogP contribution in [0.4, 0.5) is 0 Å². The van der Waals surface area contributed by atoms with Gasteiger partial charge in [-0.05, 0) is 77.5 Å². The number of benzene rings is 8. The smallest absolute Gasteiger partial charge is 0.128 e. The van der Waals surface area contributed by atoms with Crippen LogP contribution in [0.2, 0.25) is 0 Å². The van der Waals surface area contributed by atoms with Crippen molar-refractivity contribution in [2.24, 2.45) is 0 Å². The first-order valence-corrected chi connectivity index (χ1v) is 16.3. The van der Waals surface area contributed by atoms with Gasteiger partial charge in [0, 0.05) is 11.1 Å². The van der Waals surface area contributed by atoms with Crippen molar-refractivity contribution < 1.29 is 19.7 Å². The molecular formula is C44H34O4. The van der Waals surface area contributed by atoms with Gasteiger partial charge in [0.25, 0.3) is 0 Å². The molecule has 0 aromatic heterocycles. The summed E-state index contributed by atoms with van der Waals surface area (Å²) in [6.45, 7) is 0.0351. The summed E-state index contributed by atoms with van der Waals surface area (Å²) in [6, 6.07) is 50.6. The number of ether oxygens (including phenoxy) is 2. The molecule has 0 saturated heterocycles. The van der Waals surface area contributed by atoms with Gasteiger partial charge in [0.2, 0.25) is 0 Å². The minimum absolute atomic E-state index is 0.121. The van der Waals surface area contributed by atoms with Gasteiger partial charge in [-0.3, -0.25) is 0 Å². The van der Waals surface area contributed by atoms with Gasteiger partial charge in [-0.25, -0.2) is 0 Å². The molecule has 234 valence electrons. The minimum atomic E-state index is -0.121. The number of hydrogen-bond donors (Lipinski definition) is 2. The number of aliphatic hydroxyl groups excluding tert-OH is 2. The molecule has 0 unspecified atom stereocenters. The van der Waals surface area contributed by atoms with Crippen LogP contribution in [0.25, 0.3) is 76.5 Å². The maximum Gasteiger partial charge on any atom is 0.128 e. The lowest BCUT2D eigenvalue weighted by atomic mass is 9.85. The van der Waals surface area contributed by atoms with E-state index < -0.39 is 0 Å². The Labute approximate surface area is 279 Å². The SMILES string of the molecule is OCCOc1cc(-c2cccc3ccccc23)c2ccccc2c1-c1c(OCCO)cc(-c2cccc3ccccc23)c2ccccc12. The Bertz CT molecular complexity index is 2260. The van der Waals surface area contributed by atoms with Gasteiger partial charge in [0.15, 0.2) is 0 Å². The van der Waals surface area contributed by atoms with Gasteiger partial charge in [-0.2, -0.15) is 0 Å². The molecule has 4 nitrogen and oxygen atoms in total. The zero-order valence-corrected chi connectivity index (χ0v) is 26.4. The van der Waals surface area contributed by atoms with Gasteiger partial charge in [-0.1, -0.05) is 133 Å². The summed E-state index contributed by atoms with van der Waals surface area (Å²) in [5.74, 6) is 1.31. The molecule has 8 rings (SSSR count). The Morgan fingerprint density at radius 3 is 1.12 bits per heavy atom. The number of aliphatic hydroxyl groups is 2. The first-order chi connectivity index (χ1) is 23.8. The van der Waals surface area contributed by atoms with Crippen LogP contribution in [0.15, 0.2) is 146 Å². The molecule has 0 amide bonds. The van der Waals surface area contributed by atoms with Crippen molar-refractivity contribution in [3.63, 3.8) is 0 Å². The van der Waals surface area contributed by atoms with E-state index in [1.807, 2.05) is 0 Å². The standard InChI is InChI=1S/C44H34O4/c45-23-25-47-41-27-39(33-21-9-13-29-11-1-3-15-31(29)33)35-17-5-7-19-37(35)43(41)44-38-20-8-6-18-36(38)40(28-42(44)48-26-24-46)34-22-10-14-30-12-2-4-16-32(30)34/h1-22,27-28,45-46H,23-26H2. The third-order valence-corrected chi connectivity index (χ3v) is 9.12. The predicted octanol–water partition coefficient (Wildman–Crippen LogP) is 10.0. The van der Waals surface area contributed by atoms with Gasteiger partial charge < -0.3 is 19.7 Å². The maximum absolute atomic E-state index is 9.94. The molecule has 0 heterocycles. The van der Waals surface area contributed by atoms with Crippen molar-refractivity contribution in [1.82, 2.24) is 0 Å². The normalized spacial score (nSPS) is 11.5. The van der Waals surface area contributed by atoms with Crippen LogP contribution in [-0.2, 0) is 0 Å². The average Bonchev–Trinajstić information content (AvgIpc) is 3.15. The van der Waals surface area contributed by atoms with Crippen molar-refractivity contribution >= 4 is 43.1 Å². The molecule has 2 N–H and O–H groups in total. The fourth-order valence-electron chi connectivity index (χ4n) is 7.12. The molecule has 0 saturated carbocycles. The van der Waals surface area contributed by atoms with E-state index in [0.29, 0.717) is 11.5 Å². The van der Waals surface area contributed by atoms with Crippen LogP contribution in [0.3, 0.4) is 0 Å². The summed E-state index contributed by atoms with van der Waals surface area (Å²) in [7, 11) is 0. The van der Waals surface area contributed by atoms with Gasteiger partial charge in [0.05, 0.1) is 13.2 Å². The Balaban J connectivity index is 1.48. The van der Waals surface area contributed by atoms with Crippen LogP contribution in [0, 0.1) is 0 Å². The molecule has 8 aromatic carbocycles. The van der Waals surface area contributed by atoms with E-state index in [-0.39, 0.29) is 26.4 Å². The van der Waals surface area contributed by atoms with Crippen LogP contribution in [-0.4, -0.2) is 36.6 Å². The highest BCUT2D eigenvalue weighted by atomic mass is 16.5. The molecule has 4 heteroatoms. The summed E-state index contributed by atoms with van der Waals surface area (Å²) < 4.78 is 12.9. The van der Waals surface area contributed by atoms with Crippen molar-refractivity contribution in [3.05, 3.63) is 146 Å². The zero-order chi connectivity index (χ0) is 32.5. The zero-order valence-electron chi connectivity index (χ0n) is 26.4. The summed E-state index contributed by atoms with van der Waals surface area (Å²) in [6.07, 6.45) is 0. The number of hydrogen-bond acceptors (Lipinski definition) is 4. The second kappa shape index (κ2) is 12.8. The predicted molar refractivity (Wildman–Crippen MR) is 198 cm³/mol. The lowest BCUT2D eigenvalue weighted by Gasteiger charge is -2.23. The Morgan fingerprint density at radius 1 is 0.354 bits per heavy atom. The van der Waals surface area contributed by atoms with E-state index in [2.05, 4.69) is 146 Å². The van der Waals surface area contributed by atoms with E-state index in [4.69, 9.17) is 9.47 Å². The number of rotatable bonds is 9. The molecular weight excluding hydrogens is 592 g/mol. The lowest BCUT2D eigenvalue weighted by molar-refractivity contribution is 0.200. The van der Waals surface area contributed by atoms with Crippen molar-refractivity contribution in [2.75, 3.05) is 26.4 Å². The lowest BCUT2D eigenvalue weighted by Crippen LogP contribution is -2.06. The van der Waals surface area contributed by atoms with E-state index in [0.717, 1.165) is 76.5 Å². The second-order valence-electron chi connectivity index (χ2n) is 11.9. The van der Waals surface area contributed by atoms with Crippen LogP contribution < -0.4 is 9.47 Å². The van der Waals surface area contributed by atoms with E-state index in [1.165, 1.54) is 0 Å². The molecule has 0 radical (unpaired) electrons. The molecule has 0 aliphatic rings. The topological polar surface area (TPSA) is 58.9 Å². The molecule has 0 fully saturated rings. The van der Waals surface area contributed by atoms with Gasteiger partial charge in [0.1, 0.15) is 24.7 Å². The van der Waals surface area contributed by atoms with E-state index in [9.17, 15) is 10.2 Å². The fraction of sp³-hybridized carbons (Fsp3) is 0.0909. The highest BCUT2D eigenvalue weighted by molar-refractivity contribution is 6.18. The molecule has 0 aliphatic heterocycles. The molecule has 0 aliphatic carbocycles. The molecule has 48 heavy (non-hydrogen) atoms. The highest BCUT2D eigenvalue weighted by Crippen LogP contribution is 2.51. The van der Waals surface area contributed by atoms with Crippen molar-refractivity contribution in [1.29, 1.82) is 0 Å². The van der Waals surface area contributed by atoms with Crippen LogP contribution in [0.5, 0.6) is 11.5 Å². The second-order valence-corrected chi connectivity index (χ2v) is 11.9. The molecule has 8 aromatic rings. The fourth-order valence-corrected chi connectivity index (χ4v) is 7.12. The molecule has 0 bridgehead atoms. The van der Waals surface area contributed by atoms with Gasteiger partial charge >= 0.3 is 0 Å². The average molecular weight is 627 g/mol. The molecule has 0 atom stereocenters. The van der Waals surface area contributed by atoms with Crippen LogP contribution >= 0.6 is 0 Å². The van der Waals surface area contributed by atoms with E-state index in [1.54, 1.807) is 0 Å². The van der Waals surface area contributed by atoms with Crippen LogP contribution in [0.1, 0.15) is 0 Å². The Hall–Kier alpha value is -5.68. The summed E-state index contributed by atoms with van der Waals surface area (Å²) in [4.78, 5) is 0.